The van der Waals surface area contributed by atoms with Crippen molar-refractivity contribution in [3.8, 4) is 0 Å². The van der Waals surface area contributed by atoms with Gasteiger partial charge in [-0.05, 0) is 79.8 Å². The van der Waals surface area contributed by atoms with Crippen LogP contribution in [0.5, 0.6) is 0 Å². The molecule has 0 bridgehead atoms. The first-order valence-corrected chi connectivity index (χ1v) is 8.17. The summed E-state index contributed by atoms with van der Waals surface area (Å²) in [5.41, 5.74) is -0.0648. The topological polar surface area (TPSA) is 38.7 Å². The monoisotopic (exact) mass is 285 g/mol. The van der Waals surface area contributed by atoms with Gasteiger partial charge in [0, 0.05) is 11.6 Å². The number of hydrogen-bond donors (Lipinski definition) is 2. The van der Waals surface area contributed by atoms with E-state index in [0.29, 0.717) is 6.04 Å². The number of unbranched alkanes of at least 4 members (excludes halogenated alkanes) is 1. The van der Waals surface area contributed by atoms with E-state index in [1.165, 1.54) is 45.2 Å². The van der Waals surface area contributed by atoms with E-state index < -0.39 is 0 Å². The summed E-state index contributed by atoms with van der Waals surface area (Å²) in [4.78, 5) is 4.66. The molecule has 0 heterocycles. The number of rotatable bonds is 12. The highest BCUT2D eigenvalue weighted by atomic mass is 16.3. The number of nitrogens with zero attached hydrogens (tertiary/aromatic N) is 2. The fraction of sp³-hybridized carbons (Fsp3) is 1.00. The first-order valence-electron chi connectivity index (χ1n) is 8.17. The lowest BCUT2D eigenvalue weighted by Gasteiger charge is -2.29. The summed E-state index contributed by atoms with van der Waals surface area (Å²) in [5.74, 6) is 0. The molecule has 0 spiro atoms. The number of hydrogen-bond acceptors (Lipinski definition) is 4. The second-order valence-corrected chi connectivity index (χ2v) is 7.05. The van der Waals surface area contributed by atoms with Crippen molar-refractivity contribution in [1.82, 2.24) is 15.1 Å². The zero-order chi connectivity index (χ0) is 15.0. The molecule has 0 aromatic rings. The fourth-order valence-electron chi connectivity index (χ4n) is 2.58. The zero-order valence-electron chi connectivity index (χ0n) is 14.0. The molecule has 1 aliphatic rings. The van der Waals surface area contributed by atoms with E-state index in [-0.39, 0.29) is 12.1 Å². The lowest BCUT2D eigenvalue weighted by molar-refractivity contribution is 0.159. The zero-order valence-corrected chi connectivity index (χ0v) is 14.0. The van der Waals surface area contributed by atoms with Gasteiger partial charge in [-0.1, -0.05) is 6.42 Å². The molecule has 4 nitrogen and oxygen atoms in total. The maximum atomic E-state index is 9.56. The van der Waals surface area contributed by atoms with Gasteiger partial charge in [-0.2, -0.15) is 0 Å². The molecule has 0 aliphatic heterocycles. The third kappa shape index (κ3) is 8.20. The fourth-order valence-corrected chi connectivity index (χ4v) is 2.58. The molecule has 2 N–H and O–H groups in total. The van der Waals surface area contributed by atoms with Gasteiger partial charge in [0.1, 0.15) is 0 Å². The lowest BCUT2D eigenvalue weighted by Crippen LogP contribution is -2.46. The van der Waals surface area contributed by atoms with E-state index in [0.717, 1.165) is 13.0 Å². The van der Waals surface area contributed by atoms with Gasteiger partial charge in [-0.3, -0.25) is 0 Å². The predicted molar refractivity (Wildman–Crippen MR) is 86.2 cm³/mol. The average molecular weight is 285 g/mol. The van der Waals surface area contributed by atoms with E-state index in [1.54, 1.807) is 0 Å². The SMILES string of the molecule is CN(C)CCCN(C)CCCCC(C)(CO)NC1CC1. The van der Waals surface area contributed by atoms with Crippen molar-refractivity contribution in [2.45, 2.75) is 57.0 Å². The minimum Gasteiger partial charge on any atom is -0.394 e. The van der Waals surface area contributed by atoms with Crippen LogP contribution in [-0.2, 0) is 0 Å². The van der Waals surface area contributed by atoms with Crippen molar-refractivity contribution < 1.29 is 5.11 Å². The molecule has 1 fully saturated rings. The van der Waals surface area contributed by atoms with Gasteiger partial charge in [0.2, 0.25) is 0 Å². The predicted octanol–water partition coefficient (Wildman–Crippen LogP) is 1.54. The van der Waals surface area contributed by atoms with Crippen LogP contribution in [0.3, 0.4) is 0 Å². The van der Waals surface area contributed by atoms with Crippen LogP contribution in [0.1, 0.15) is 45.4 Å². The second-order valence-electron chi connectivity index (χ2n) is 7.05. The minimum atomic E-state index is -0.0648. The highest BCUT2D eigenvalue weighted by Gasteiger charge is 2.31. The Hall–Kier alpha value is -0.160. The van der Waals surface area contributed by atoms with Crippen LogP contribution in [0.2, 0.25) is 0 Å². The first kappa shape index (κ1) is 17.9. The molecule has 0 saturated heterocycles. The summed E-state index contributed by atoms with van der Waals surface area (Å²) < 4.78 is 0. The van der Waals surface area contributed by atoms with Crippen molar-refractivity contribution in [3.63, 3.8) is 0 Å². The van der Waals surface area contributed by atoms with Crippen molar-refractivity contribution in [3.05, 3.63) is 0 Å². The van der Waals surface area contributed by atoms with Crippen LogP contribution in [0.25, 0.3) is 0 Å². The largest absolute Gasteiger partial charge is 0.394 e. The molecule has 120 valence electrons. The van der Waals surface area contributed by atoms with Crippen LogP contribution >= 0.6 is 0 Å². The molecule has 1 aliphatic carbocycles. The molecular formula is C16H35N3O. The molecule has 0 radical (unpaired) electrons. The van der Waals surface area contributed by atoms with Crippen LogP contribution in [-0.4, -0.2) is 73.9 Å². The molecular weight excluding hydrogens is 250 g/mol. The maximum Gasteiger partial charge on any atom is 0.0610 e. The number of nitrogens with one attached hydrogen (secondary N) is 1. The summed E-state index contributed by atoms with van der Waals surface area (Å²) in [7, 11) is 6.47. The Morgan fingerprint density at radius 2 is 1.70 bits per heavy atom. The molecule has 1 atom stereocenters. The Labute approximate surface area is 125 Å². The van der Waals surface area contributed by atoms with Gasteiger partial charge in [0.15, 0.2) is 0 Å². The summed E-state index contributed by atoms with van der Waals surface area (Å²) in [5, 5.41) is 13.1. The quantitative estimate of drug-likeness (QED) is 0.534. The summed E-state index contributed by atoms with van der Waals surface area (Å²) in [6.07, 6.45) is 7.29. The van der Waals surface area contributed by atoms with Crippen LogP contribution < -0.4 is 5.32 Å². The lowest BCUT2D eigenvalue weighted by atomic mass is 9.95. The van der Waals surface area contributed by atoms with Gasteiger partial charge in [-0.15, -0.1) is 0 Å². The van der Waals surface area contributed by atoms with Gasteiger partial charge in [0.25, 0.3) is 0 Å². The Morgan fingerprint density at radius 3 is 2.25 bits per heavy atom. The van der Waals surface area contributed by atoms with Crippen molar-refractivity contribution in [2.75, 3.05) is 47.4 Å². The summed E-state index contributed by atoms with van der Waals surface area (Å²) >= 11 is 0. The van der Waals surface area contributed by atoms with E-state index >= 15 is 0 Å². The standard InChI is InChI=1S/C16H35N3O/c1-16(14-20,17-15-8-9-15)10-5-6-12-19(4)13-7-11-18(2)3/h15,17,20H,5-14H2,1-4H3. The second kappa shape index (κ2) is 8.98. The molecule has 1 unspecified atom stereocenters. The van der Waals surface area contributed by atoms with Gasteiger partial charge >= 0.3 is 0 Å². The molecule has 0 aromatic carbocycles. The first-order chi connectivity index (χ1) is 9.45. The molecule has 20 heavy (non-hydrogen) atoms. The van der Waals surface area contributed by atoms with Gasteiger partial charge < -0.3 is 20.2 Å². The van der Waals surface area contributed by atoms with Crippen LogP contribution in [0.15, 0.2) is 0 Å². The van der Waals surface area contributed by atoms with E-state index in [1.807, 2.05) is 0 Å². The molecule has 1 rings (SSSR count). The van der Waals surface area contributed by atoms with Crippen molar-refractivity contribution in [2.24, 2.45) is 0 Å². The molecule has 0 aromatic heterocycles. The minimum absolute atomic E-state index is 0.0648. The highest BCUT2D eigenvalue weighted by molar-refractivity contribution is 4.92. The van der Waals surface area contributed by atoms with Crippen molar-refractivity contribution >= 4 is 0 Å². The average Bonchev–Trinajstić information content (AvgIpc) is 3.18. The summed E-state index contributed by atoms with van der Waals surface area (Å²) in [6, 6.07) is 0.667. The smallest absolute Gasteiger partial charge is 0.0610 e. The molecule has 4 heteroatoms. The Bertz CT molecular complexity index is 256. The van der Waals surface area contributed by atoms with E-state index in [4.69, 9.17) is 0 Å². The van der Waals surface area contributed by atoms with Crippen LogP contribution in [0.4, 0.5) is 0 Å². The van der Waals surface area contributed by atoms with E-state index in [2.05, 4.69) is 43.2 Å². The third-order valence-corrected chi connectivity index (χ3v) is 4.14. The van der Waals surface area contributed by atoms with Crippen LogP contribution in [0, 0.1) is 0 Å². The van der Waals surface area contributed by atoms with Crippen molar-refractivity contribution in [1.29, 1.82) is 0 Å². The van der Waals surface area contributed by atoms with Gasteiger partial charge in [-0.25, -0.2) is 0 Å². The number of aliphatic hydroxyl groups excluding tert-OH is 1. The number of aliphatic hydroxyl groups is 1. The Kier molecular flexibility index (Phi) is 8.03. The molecule has 0 amide bonds. The third-order valence-electron chi connectivity index (χ3n) is 4.14. The normalized spacial score (nSPS) is 18.8. The summed E-state index contributed by atoms with van der Waals surface area (Å²) in [6.45, 7) is 5.92. The van der Waals surface area contributed by atoms with Gasteiger partial charge in [0.05, 0.1) is 6.61 Å². The molecule has 1 saturated carbocycles. The maximum absolute atomic E-state index is 9.56. The Morgan fingerprint density at radius 1 is 1.05 bits per heavy atom. The van der Waals surface area contributed by atoms with E-state index in [9.17, 15) is 5.11 Å². The highest BCUT2D eigenvalue weighted by Crippen LogP contribution is 2.24. The Balaban J connectivity index is 2.04.